The maximum atomic E-state index is 6.29. The molecule has 0 amide bonds. The van der Waals surface area contributed by atoms with Crippen LogP contribution in [0.2, 0.25) is 0 Å². The summed E-state index contributed by atoms with van der Waals surface area (Å²) in [6.07, 6.45) is 0. The fourth-order valence-electron chi connectivity index (χ4n) is 2.57. The summed E-state index contributed by atoms with van der Waals surface area (Å²) < 4.78 is 6.94. The van der Waals surface area contributed by atoms with Gasteiger partial charge in [0.1, 0.15) is 11.4 Å². The van der Waals surface area contributed by atoms with Crippen molar-refractivity contribution in [3.63, 3.8) is 0 Å². The van der Waals surface area contributed by atoms with Gasteiger partial charge in [-0.1, -0.05) is 35.5 Å². The molecule has 1 heterocycles. The van der Waals surface area contributed by atoms with E-state index >= 15 is 0 Å². The Hall–Kier alpha value is -2.82. The van der Waals surface area contributed by atoms with Gasteiger partial charge in [0.15, 0.2) is 5.82 Å². The fraction of sp³-hybridized carbons (Fsp3) is 0.176. The molecule has 0 fully saturated rings. The van der Waals surface area contributed by atoms with Crippen LogP contribution in [-0.4, -0.2) is 22.1 Å². The van der Waals surface area contributed by atoms with Crippen LogP contribution in [0.3, 0.4) is 0 Å². The Morgan fingerprint density at radius 2 is 1.73 bits per heavy atom. The van der Waals surface area contributed by atoms with Gasteiger partial charge in [-0.25, -0.2) is 0 Å². The Labute approximate surface area is 129 Å². The molecule has 3 rings (SSSR count). The molecular formula is C17H18N4O. The Kier molecular flexibility index (Phi) is 3.55. The van der Waals surface area contributed by atoms with Crippen molar-refractivity contribution in [2.24, 2.45) is 0 Å². The number of aryl methyl sites for hydroxylation is 2. The minimum absolute atomic E-state index is 0.519. The third-order valence-electron chi connectivity index (χ3n) is 3.70. The van der Waals surface area contributed by atoms with Crippen molar-refractivity contribution in [3.8, 4) is 22.7 Å². The number of rotatable bonds is 3. The number of benzene rings is 2. The number of methoxy groups -OCH3 is 1. The Morgan fingerprint density at radius 3 is 2.41 bits per heavy atom. The second-order valence-electron chi connectivity index (χ2n) is 5.21. The number of nitrogen functional groups attached to an aromatic ring is 1. The fourth-order valence-corrected chi connectivity index (χ4v) is 2.57. The quantitative estimate of drug-likeness (QED) is 0.806. The van der Waals surface area contributed by atoms with Crippen molar-refractivity contribution < 1.29 is 4.74 Å². The number of anilines is 1. The number of hydrogen-bond donors (Lipinski definition) is 1. The van der Waals surface area contributed by atoms with Gasteiger partial charge in [-0.2, -0.15) is 4.68 Å². The number of para-hydroxylation sites is 1. The van der Waals surface area contributed by atoms with E-state index in [1.165, 1.54) is 0 Å². The van der Waals surface area contributed by atoms with E-state index in [-0.39, 0.29) is 0 Å². The molecule has 0 saturated heterocycles. The second kappa shape index (κ2) is 5.52. The molecule has 2 N–H and O–H groups in total. The summed E-state index contributed by atoms with van der Waals surface area (Å²) in [6.45, 7) is 4.07. The molecule has 5 heteroatoms. The number of aromatic nitrogens is 3. The van der Waals surface area contributed by atoms with Gasteiger partial charge in [0.25, 0.3) is 0 Å². The Bertz CT molecular complexity index is 803. The minimum atomic E-state index is 0.519. The van der Waals surface area contributed by atoms with Crippen LogP contribution in [0.4, 0.5) is 5.82 Å². The second-order valence-corrected chi connectivity index (χ2v) is 5.21. The minimum Gasteiger partial charge on any atom is -0.497 e. The van der Waals surface area contributed by atoms with E-state index in [1.54, 1.807) is 11.8 Å². The molecule has 3 aromatic rings. The van der Waals surface area contributed by atoms with Gasteiger partial charge in [0.05, 0.1) is 12.8 Å². The van der Waals surface area contributed by atoms with Crippen molar-refractivity contribution >= 4 is 5.82 Å². The Morgan fingerprint density at radius 1 is 1.05 bits per heavy atom. The van der Waals surface area contributed by atoms with E-state index in [9.17, 15) is 0 Å². The predicted molar refractivity (Wildman–Crippen MR) is 87.2 cm³/mol. The number of hydrogen-bond acceptors (Lipinski definition) is 4. The molecular weight excluding hydrogens is 276 g/mol. The molecule has 0 spiro atoms. The van der Waals surface area contributed by atoms with E-state index in [0.717, 1.165) is 28.1 Å². The lowest BCUT2D eigenvalue weighted by molar-refractivity contribution is 0.415. The first-order valence-electron chi connectivity index (χ1n) is 7.04. The zero-order valence-corrected chi connectivity index (χ0v) is 12.9. The van der Waals surface area contributed by atoms with Crippen LogP contribution in [0.5, 0.6) is 5.75 Å². The summed E-state index contributed by atoms with van der Waals surface area (Å²) in [5.74, 6) is 1.28. The summed E-state index contributed by atoms with van der Waals surface area (Å²) in [4.78, 5) is 0. The molecule has 1 aromatic heterocycles. The summed E-state index contributed by atoms with van der Waals surface area (Å²) in [5, 5.41) is 8.49. The van der Waals surface area contributed by atoms with Crippen LogP contribution in [0, 0.1) is 13.8 Å². The molecule has 5 nitrogen and oxygen atoms in total. The van der Waals surface area contributed by atoms with Gasteiger partial charge in [0.2, 0.25) is 0 Å². The van der Waals surface area contributed by atoms with E-state index in [0.29, 0.717) is 11.5 Å². The van der Waals surface area contributed by atoms with Crippen LogP contribution in [0.25, 0.3) is 16.9 Å². The first-order chi connectivity index (χ1) is 10.6. The zero-order valence-electron chi connectivity index (χ0n) is 12.9. The molecule has 22 heavy (non-hydrogen) atoms. The summed E-state index contributed by atoms with van der Waals surface area (Å²) >= 11 is 0. The summed E-state index contributed by atoms with van der Waals surface area (Å²) in [7, 11) is 1.63. The highest BCUT2D eigenvalue weighted by Crippen LogP contribution is 2.29. The van der Waals surface area contributed by atoms with E-state index in [1.807, 2.05) is 56.3 Å². The molecule has 0 unspecified atom stereocenters. The number of ether oxygens (including phenoxy) is 1. The molecule has 0 aliphatic carbocycles. The SMILES string of the molecule is COc1cccc(-c2nnn(-c3c(C)cccc3C)c2N)c1. The highest BCUT2D eigenvalue weighted by Gasteiger charge is 2.16. The molecule has 0 aliphatic rings. The van der Waals surface area contributed by atoms with Crippen molar-refractivity contribution in [1.82, 2.24) is 15.0 Å². The predicted octanol–water partition coefficient (Wildman–Crippen LogP) is 3.14. The van der Waals surface area contributed by atoms with Crippen molar-refractivity contribution in [1.29, 1.82) is 0 Å². The van der Waals surface area contributed by atoms with Crippen LogP contribution in [0.15, 0.2) is 42.5 Å². The largest absolute Gasteiger partial charge is 0.497 e. The average Bonchev–Trinajstić information content (AvgIpc) is 2.89. The normalized spacial score (nSPS) is 10.7. The number of nitrogens with zero attached hydrogens (tertiary/aromatic N) is 3. The van der Waals surface area contributed by atoms with Gasteiger partial charge in [-0.3, -0.25) is 0 Å². The van der Waals surface area contributed by atoms with Crippen LogP contribution in [-0.2, 0) is 0 Å². The lowest BCUT2D eigenvalue weighted by Gasteiger charge is -2.10. The molecule has 0 bridgehead atoms. The van der Waals surface area contributed by atoms with E-state index in [2.05, 4.69) is 10.3 Å². The molecule has 0 aliphatic heterocycles. The van der Waals surface area contributed by atoms with Gasteiger partial charge in [-0.05, 0) is 37.1 Å². The maximum absolute atomic E-state index is 6.29. The smallest absolute Gasteiger partial charge is 0.155 e. The lowest BCUT2D eigenvalue weighted by Crippen LogP contribution is -2.06. The molecule has 0 saturated carbocycles. The van der Waals surface area contributed by atoms with Crippen molar-refractivity contribution in [3.05, 3.63) is 53.6 Å². The third kappa shape index (κ3) is 2.30. The van der Waals surface area contributed by atoms with Crippen molar-refractivity contribution in [2.45, 2.75) is 13.8 Å². The zero-order chi connectivity index (χ0) is 15.7. The number of nitrogens with two attached hydrogens (primary N) is 1. The van der Waals surface area contributed by atoms with Crippen LogP contribution in [0.1, 0.15) is 11.1 Å². The van der Waals surface area contributed by atoms with Crippen LogP contribution < -0.4 is 10.5 Å². The van der Waals surface area contributed by atoms with Crippen molar-refractivity contribution in [2.75, 3.05) is 12.8 Å². The first-order valence-corrected chi connectivity index (χ1v) is 7.04. The van der Waals surface area contributed by atoms with Gasteiger partial charge in [0, 0.05) is 5.56 Å². The lowest BCUT2D eigenvalue weighted by atomic mass is 10.1. The average molecular weight is 294 g/mol. The summed E-state index contributed by atoms with van der Waals surface area (Å²) in [6, 6.07) is 13.7. The highest BCUT2D eigenvalue weighted by molar-refractivity contribution is 5.72. The van der Waals surface area contributed by atoms with Gasteiger partial charge >= 0.3 is 0 Å². The highest BCUT2D eigenvalue weighted by atomic mass is 16.5. The Balaban J connectivity index is 2.13. The molecule has 0 atom stereocenters. The topological polar surface area (TPSA) is 66.0 Å². The molecule has 0 radical (unpaired) electrons. The monoisotopic (exact) mass is 294 g/mol. The van der Waals surface area contributed by atoms with Gasteiger partial charge in [-0.15, -0.1) is 5.10 Å². The van der Waals surface area contributed by atoms with E-state index in [4.69, 9.17) is 10.5 Å². The van der Waals surface area contributed by atoms with Crippen LogP contribution >= 0.6 is 0 Å². The summed E-state index contributed by atoms with van der Waals surface area (Å²) in [5.41, 5.74) is 11.0. The maximum Gasteiger partial charge on any atom is 0.155 e. The van der Waals surface area contributed by atoms with Gasteiger partial charge < -0.3 is 10.5 Å². The molecule has 112 valence electrons. The standard InChI is InChI=1S/C17H18N4O/c1-11-6-4-7-12(2)16(11)21-17(18)15(19-20-21)13-8-5-9-14(10-13)22-3/h4-10H,18H2,1-3H3. The first kappa shape index (κ1) is 14.1. The third-order valence-corrected chi connectivity index (χ3v) is 3.70. The molecule has 2 aromatic carbocycles. The van der Waals surface area contributed by atoms with E-state index < -0.39 is 0 Å².